The van der Waals surface area contributed by atoms with Crippen molar-refractivity contribution in [2.45, 2.75) is 18.3 Å². The number of halogens is 1. The molecule has 5 rings (SSSR count). The van der Waals surface area contributed by atoms with Crippen LogP contribution >= 0.6 is 11.8 Å². The Morgan fingerprint density at radius 1 is 1.09 bits per heavy atom. The fraction of sp³-hybridized carbons (Fsp3) is 0.200. The Morgan fingerprint density at radius 2 is 1.88 bits per heavy atom. The number of anilines is 2. The molecule has 162 valence electrons. The Hall–Kier alpha value is -3.32. The molecule has 1 atom stereocenters. The zero-order chi connectivity index (χ0) is 22.3. The third kappa shape index (κ3) is 3.33. The summed E-state index contributed by atoms with van der Waals surface area (Å²) in [5.41, 5.74) is 4.17. The summed E-state index contributed by atoms with van der Waals surface area (Å²) >= 11 is 1.47. The van der Waals surface area contributed by atoms with Crippen LogP contribution in [-0.2, 0) is 16.2 Å². The van der Waals surface area contributed by atoms with E-state index in [1.165, 1.54) is 23.9 Å². The van der Waals surface area contributed by atoms with E-state index in [9.17, 15) is 14.0 Å². The molecule has 3 aromatic carbocycles. The van der Waals surface area contributed by atoms with Crippen molar-refractivity contribution in [2.24, 2.45) is 0 Å². The van der Waals surface area contributed by atoms with E-state index in [-0.39, 0.29) is 5.91 Å². The smallest absolute Gasteiger partial charge is 0.308 e. The highest BCUT2D eigenvalue weighted by Crippen LogP contribution is 2.54. The van der Waals surface area contributed by atoms with Gasteiger partial charge in [0, 0.05) is 23.5 Å². The quantitative estimate of drug-likeness (QED) is 0.607. The van der Waals surface area contributed by atoms with Crippen LogP contribution in [0.25, 0.3) is 0 Å². The van der Waals surface area contributed by atoms with Gasteiger partial charge in [-0.25, -0.2) is 9.18 Å². The maximum absolute atomic E-state index is 13.9. The summed E-state index contributed by atoms with van der Waals surface area (Å²) in [6.07, 6.45) is 0. The molecular formula is C25H22FN3O2S. The van der Waals surface area contributed by atoms with E-state index in [0.29, 0.717) is 24.5 Å². The number of nitrogens with zero attached hydrogens (tertiary/aromatic N) is 2. The van der Waals surface area contributed by atoms with Gasteiger partial charge < -0.3 is 10.2 Å². The van der Waals surface area contributed by atoms with Gasteiger partial charge in [0.05, 0.1) is 12.2 Å². The van der Waals surface area contributed by atoms with Crippen LogP contribution in [0.1, 0.15) is 16.7 Å². The molecule has 2 aliphatic heterocycles. The lowest BCUT2D eigenvalue weighted by Gasteiger charge is -2.33. The third-order valence-corrected chi connectivity index (χ3v) is 7.30. The van der Waals surface area contributed by atoms with Crippen LogP contribution in [0.2, 0.25) is 0 Å². The van der Waals surface area contributed by atoms with Crippen molar-refractivity contribution in [3.05, 3.63) is 95.3 Å². The van der Waals surface area contributed by atoms with Gasteiger partial charge in [0.25, 0.3) is 5.91 Å². The van der Waals surface area contributed by atoms with E-state index >= 15 is 0 Å². The first-order chi connectivity index (χ1) is 15.5. The molecule has 1 N–H and O–H groups in total. The number of amides is 3. The number of aryl methyl sites for hydroxylation is 1. The van der Waals surface area contributed by atoms with Gasteiger partial charge in [-0.2, -0.15) is 0 Å². The number of fused-ring (bicyclic) bond motifs is 2. The molecule has 0 saturated carbocycles. The lowest BCUT2D eigenvalue weighted by atomic mass is 10.1. The number of thioether (sulfide) groups is 1. The fourth-order valence-electron chi connectivity index (χ4n) is 4.36. The van der Waals surface area contributed by atoms with Gasteiger partial charge in [0.2, 0.25) is 0 Å². The highest BCUT2D eigenvalue weighted by Gasteiger charge is 2.59. The number of nitrogens with one attached hydrogen (secondary N) is 1. The zero-order valence-corrected chi connectivity index (χ0v) is 18.4. The van der Waals surface area contributed by atoms with Crippen LogP contribution < -0.4 is 10.2 Å². The summed E-state index contributed by atoms with van der Waals surface area (Å²) in [5, 5.41) is 2.76. The van der Waals surface area contributed by atoms with Gasteiger partial charge >= 0.3 is 6.03 Å². The summed E-state index contributed by atoms with van der Waals surface area (Å²) in [5.74, 6) is 0.0747. The molecule has 0 unspecified atom stereocenters. The molecule has 3 amide bonds. The monoisotopic (exact) mass is 447 g/mol. The number of benzene rings is 3. The minimum atomic E-state index is -1.13. The Bertz CT molecular complexity index is 1200. The van der Waals surface area contributed by atoms with Crippen molar-refractivity contribution in [1.82, 2.24) is 4.90 Å². The second kappa shape index (κ2) is 7.98. The Balaban J connectivity index is 1.50. The van der Waals surface area contributed by atoms with Crippen molar-refractivity contribution in [3.63, 3.8) is 0 Å². The predicted octanol–water partition coefficient (Wildman–Crippen LogP) is 5.11. The first kappa shape index (κ1) is 20.6. The Morgan fingerprint density at radius 3 is 2.66 bits per heavy atom. The number of urea groups is 1. The van der Waals surface area contributed by atoms with Crippen LogP contribution in [0.5, 0.6) is 0 Å². The number of carbonyl (C=O) groups excluding carboxylic acids is 2. The Kier molecular flexibility index (Phi) is 5.13. The van der Waals surface area contributed by atoms with Crippen LogP contribution in [0.3, 0.4) is 0 Å². The van der Waals surface area contributed by atoms with Crippen molar-refractivity contribution in [1.29, 1.82) is 0 Å². The van der Waals surface area contributed by atoms with E-state index in [0.717, 1.165) is 22.4 Å². The van der Waals surface area contributed by atoms with Gasteiger partial charge in [0.15, 0.2) is 4.87 Å². The average molecular weight is 448 g/mol. The fourth-order valence-corrected chi connectivity index (χ4v) is 5.82. The first-order valence-electron chi connectivity index (χ1n) is 10.4. The molecular weight excluding hydrogens is 425 g/mol. The van der Waals surface area contributed by atoms with E-state index in [1.807, 2.05) is 55.5 Å². The minimum absolute atomic E-state index is 0.129. The molecule has 0 radical (unpaired) electrons. The number of para-hydroxylation sites is 1. The summed E-state index contributed by atoms with van der Waals surface area (Å²) in [7, 11) is 0. The maximum atomic E-state index is 13.9. The maximum Gasteiger partial charge on any atom is 0.323 e. The first-order valence-corrected chi connectivity index (χ1v) is 11.4. The number of carbonyl (C=O) groups is 2. The van der Waals surface area contributed by atoms with Crippen LogP contribution in [0, 0.1) is 12.7 Å². The van der Waals surface area contributed by atoms with E-state index in [2.05, 4.69) is 5.32 Å². The molecule has 7 heteroatoms. The van der Waals surface area contributed by atoms with Gasteiger partial charge in [-0.1, -0.05) is 54.1 Å². The van der Waals surface area contributed by atoms with Gasteiger partial charge in [0.1, 0.15) is 5.82 Å². The normalized spacial score (nSPS) is 19.5. The van der Waals surface area contributed by atoms with Gasteiger partial charge in [-0.15, -0.1) is 11.8 Å². The molecule has 2 aliphatic rings. The molecule has 1 fully saturated rings. The molecule has 0 aliphatic carbocycles. The van der Waals surface area contributed by atoms with E-state index in [1.54, 1.807) is 21.9 Å². The standard InChI is InChI=1S/C25H22FN3O2S/c1-17-9-11-18(12-10-17)16-28-22-8-3-2-7-21(22)25(23(28)30)29(13-14-32-25)24(31)27-20-6-4-5-19(26)15-20/h2-12,15H,13-14,16H2,1H3,(H,27,31)/t25-/m1/s1. The summed E-state index contributed by atoms with van der Waals surface area (Å²) in [6, 6.07) is 21.1. The third-order valence-electron chi connectivity index (χ3n) is 5.88. The van der Waals surface area contributed by atoms with Gasteiger partial charge in [-0.05, 0) is 36.8 Å². The second-order valence-electron chi connectivity index (χ2n) is 7.98. The molecule has 3 aromatic rings. The van der Waals surface area contributed by atoms with Crippen LogP contribution in [-0.4, -0.2) is 29.1 Å². The van der Waals surface area contributed by atoms with E-state index < -0.39 is 16.7 Å². The molecule has 1 spiro atoms. The lowest BCUT2D eigenvalue weighted by molar-refractivity contribution is -0.123. The Labute approximate surface area is 190 Å². The van der Waals surface area contributed by atoms with Crippen molar-refractivity contribution < 1.29 is 14.0 Å². The molecule has 2 heterocycles. The highest BCUT2D eigenvalue weighted by atomic mass is 32.2. The van der Waals surface area contributed by atoms with Crippen molar-refractivity contribution in [3.8, 4) is 0 Å². The molecule has 32 heavy (non-hydrogen) atoms. The summed E-state index contributed by atoms with van der Waals surface area (Å²) in [6.45, 7) is 2.88. The minimum Gasteiger partial charge on any atom is -0.308 e. The zero-order valence-electron chi connectivity index (χ0n) is 17.5. The molecule has 0 bridgehead atoms. The van der Waals surface area contributed by atoms with Gasteiger partial charge in [-0.3, -0.25) is 9.69 Å². The topological polar surface area (TPSA) is 52.7 Å². The predicted molar refractivity (Wildman–Crippen MR) is 125 cm³/mol. The van der Waals surface area contributed by atoms with E-state index in [4.69, 9.17) is 0 Å². The van der Waals surface area contributed by atoms with Crippen molar-refractivity contribution in [2.75, 3.05) is 22.5 Å². The molecule has 1 saturated heterocycles. The molecule has 0 aromatic heterocycles. The number of hydrogen-bond donors (Lipinski definition) is 1. The summed E-state index contributed by atoms with van der Waals surface area (Å²) < 4.78 is 13.6. The largest absolute Gasteiger partial charge is 0.323 e. The highest BCUT2D eigenvalue weighted by molar-refractivity contribution is 8.01. The van der Waals surface area contributed by atoms with Crippen molar-refractivity contribution >= 4 is 35.1 Å². The van der Waals surface area contributed by atoms with Crippen LogP contribution in [0.4, 0.5) is 20.6 Å². The number of rotatable bonds is 3. The second-order valence-corrected chi connectivity index (χ2v) is 9.27. The van der Waals surface area contributed by atoms with Crippen LogP contribution in [0.15, 0.2) is 72.8 Å². The molecule has 5 nitrogen and oxygen atoms in total. The summed E-state index contributed by atoms with van der Waals surface area (Å²) in [4.78, 5) is 29.4. The number of hydrogen-bond acceptors (Lipinski definition) is 3. The lowest BCUT2D eigenvalue weighted by Crippen LogP contribution is -2.51. The SMILES string of the molecule is Cc1ccc(CN2C(=O)[C@]3(SCCN3C(=O)Nc3cccc(F)c3)c3ccccc32)cc1. The average Bonchev–Trinajstić information content (AvgIpc) is 3.33.